The smallest absolute Gasteiger partial charge is 0.209 e. The minimum absolute atomic E-state index is 0.102. The number of hydrogen-bond donors (Lipinski definition) is 1. The number of aromatic nitrogens is 2. The summed E-state index contributed by atoms with van der Waals surface area (Å²) in [5.41, 5.74) is 2.04. The van der Waals surface area contributed by atoms with Gasteiger partial charge in [-0.25, -0.2) is 0 Å². The van der Waals surface area contributed by atoms with Crippen LogP contribution in [0.1, 0.15) is 0 Å². The zero-order chi connectivity index (χ0) is 11.0. The van der Waals surface area contributed by atoms with Crippen LogP contribution in [0.2, 0.25) is 0 Å². The third-order valence-corrected chi connectivity index (χ3v) is 2.43. The van der Waals surface area contributed by atoms with Crippen molar-refractivity contribution in [3.8, 4) is 17.0 Å². The van der Waals surface area contributed by atoms with E-state index in [-0.39, 0.29) is 5.75 Å². The van der Waals surface area contributed by atoms with E-state index in [4.69, 9.17) is 4.52 Å². The van der Waals surface area contributed by atoms with E-state index in [9.17, 15) is 5.11 Å². The summed E-state index contributed by atoms with van der Waals surface area (Å²) in [5.74, 6) is 0.102. The van der Waals surface area contributed by atoms with Crippen molar-refractivity contribution in [2.75, 3.05) is 0 Å². The largest absolute Gasteiger partial charge is 0.504 e. The van der Waals surface area contributed by atoms with E-state index in [2.05, 4.69) is 10.1 Å². The predicted octanol–water partition coefficient (Wildman–Crippen LogP) is 2.60. The Morgan fingerprint density at radius 2 is 1.88 bits per heavy atom. The standard InChI is InChI=1S/C12H8N2O2/c15-10-3-1-2-9-11(14-16-12(9)10)8-4-6-13-7-5-8/h1-7,15H. The fraction of sp³-hybridized carbons (Fsp3) is 0. The molecule has 3 rings (SSSR count). The van der Waals surface area contributed by atoms with Gasteiger partial charge in [0.15, 0.2) is 5.75 Å². The normalized spacial score (nSPS) is 10.8. The van der Waals surface area contributed by atoms with Crippen LogP contribution in [0.5, 0.6) is 5.75 Å². The van der Waals surface area contributed by atoms with Crippen LogP contribution in [0, 0.1) is 0 Å². The number of pyridine rings is 1. The van der Waals surface area contributed by atoms with Gasteiger partial charge in [0.25, 0.3) is 0 Å². The molecule has 0 aliphatic rings. The van der Waals surface area contributed by atoms with Crippen LogP contribution >= 0.6 is 0 Å². The lowest BCUT2D eigenvalue weighted by atomic mass is 10.1. The molecule has 4 heteroatoms. The molecule has 0 saturated heterocycles. The lowest BCUT2D eigenvalue weighted by Crippen LogP contribution is -1.78. The van der Waals surface area contributed by atoms with Gasteiger partial charge in [-0.15, -0.1) is 0 Å². The summed E-state index contributed by atoms with van der Waals surface area (Å²) >= 11 is 0. The van der Waals surface area contributed by atoms with E-state index in [1.807, 2.05) is 18.2 Å². The Labute approximate surface area is 91.1 Å². The molecule has 1 aromatic carbocycles. The fourth-order valence-corrected chi connectivity index (χ4v) is 1.67. The van der Waals surface area contributed by atoms with Crippen molar-refractivity contribution < 1.29 is 9.63 Å². The summed E-state index contributed by atoms with van der Waals surface area (Å²) in [5, 5.41) is 14.3. The molecule has 0 unspecified atom stereocenters. The first-order valence-electron chi connectivity index (χ1n) is 4.84. The molecule has 16 heavy (non-hydrogen) atoms. The number of phenolic OH excluding ortho intramolecular Hbond substituents is 1. The quantitative estimate of drug-likeness (QED) is 0.673. The lowest BCUT2D eigenvalue weighted by Gasteiger charge is -1.95. The minimum Gasteiger partial charge on any atom is -0.504 e. The zero-order valence-corrected chi connectivity index (χ0v) is 8.29. The molecular weight excluding hydrogens is 204 g/mol. The van der Waals surface area contributed by atoms with Crippen LogP contribution in [-0.4, -0.2) is 15.2 Å². The highest BCUT2D eigenvalue weighted by Crippen LogP contribution is 2.32. The van der Waals surface area contributed by atoms with Crippen molar-refractivity contribution in [1.82, 2.24) is 10.1 Å². The number of para-hydroxylation sites is 1. The number of fused-ring (bicyclic) bond motifs is 1. The first kappa shape index (κ1) is 8.91. The number of benzene rings is 1. The molecule has 1 N–H and O–H groups in total. The van der Waals surface area contributed by atoms with Gasteiger partial charge in [0.2, 0.25) is 5.58 Å². The van der Waals surface area contributed by atoms with Crippen LogP contribution in [0.25, 0.3) is 22.2 Å². The van der Waals surface area contributed by atoms with E-state index in [0.717, 1.165) is 10.9 Å². The molecule has 78 valence electrons. The summed E-state index contributed by atoms with van der Waals surface area (Å²) < 4.78 is 5.11. The average molecular weight is 212 g/mol. The van der Waals surface area contributed by atoms with E-state index < -0.39 is 0 Å². The van der Waals surface area contributed by atoms with Gasteiger partial charge in [0.1, 0.15) is 5.69 Å². The van der Waals surface area contributed by atoms with Crippen LogP contribution in [0.3, 0.4) is 0 Å². The highest BCUT2D eigenvalue weighted by Gasteiger charge is 2.12. The Bertz CT molecular complexity index is 632. The Hall–Kier alpha value is -2.36. The summed E-state index contributed by atoms with van der Waals surface area (Å²) in [4.78, 5) is 3.95. The first-order valence-corrected chi connectivity index (χ1v) is 4.84. The summed E-state index contributed by atoms with van der Waals surface area (Å²) in [7, 11) is 0. The van der Waals surface area contributed by atoms with Gasteiger partial charge in [0.05, 0.1) is 5.39 Å². The number of aromatic hydroxyl groups is 1. The maximum Gasteiger partial charge on any atom is 0.209 e. The molecule has 2 heterocycles. The van der Waals surface area contributed by atoms with Gasteiger partial charge >= 0.3 is 0 Å². The van der Waals surface area contributed by atoms with Gasteiger partial charge in [-0.2, -0.15) is 0 Å². The molecule has 4 nitrogen and oxygen atoms in total. The molecule has 0 spiro atoms. The van der Waals surface area contributed by atoms with Gasteiger partial charge in [-0.1, -0.05) is 11.2 Å². The average Bonchev–Trinajstić information content (AvgIpc) is 2.75. The molecule has 0 aliphatic heterocycles. The SMILES string of the molecule is Oc1cccc2c(-c3ccncc3)noc12. The van der Waals surface area contributed by atoms with E-state index in [1.54, 1.807) is 24.5 Å². The van der Waals surface area contributed by atoms with E-state index >= 15 is 0 Å². The van der Waals surface area contributed by atoms with Gasteiger partial charge in [0, 0.05) is 18.0 Å². The first-order chi connectivity index (χ1) is 7.86. The van der Waals surface area contributed by atoms with Crippen molar-refractivity contribution in [3.63, 3.8) is 0 Å². The Balaban J connectivity index is 2.30. The molecule has 3 aromatic rings. The predicted molar refractivity (Wildman–Crippen MR) is 58.9 cm³/mol. The number of nitrogens with zero attached hydrogens (tertiary/aromatic N) is 2. The zero-order valence-electron chi connectivity index (χ0n) is 8.29. The second kappa shape index (κ2) is 3.34. The molecule has 0 amide bonds. The van der Waals surface area contributed by atoms with E-state index in [1.165, 1.54) is 0 Å². The Morgan fingerprint density at radius 3 is 2.69 bits per heavy atom. The van der Waals surface area contributed by atoms with Gasteiger partial charge < -0.3 is 9.63 Å². The number of hydrogen-bond acceptors (Lipinski definition) is 4. The van der Waals surface area contributed by atoms with Crippen LogP contribution in [0.4, 0.5) is 0 Å². The van der Waals surface area contributed by atoms with Gasteiger partial charge in [-0.3, -0.25) is 4.98 Å². The van der Waals surface area contributed by atoms with Crippen LogP contribution < -0.4 is 0 Å². The molecule has 0 saturated carbocycles. The third kappa shape index (κ3) is 1.24. The van der Waals surface area contributed by atoms with E-state index in [0.29, 0.717) is 11.3 Å². The fourth-order valence-electron chi connectivity index (χ4n) is 1.67. The van der Waals surface area contributed by atoms with Crippen molar-refractivity contribution >= 4 is 11.0 Å². The maximum absolute atomic E-state index is 9.59. The van der Waals surface area contributed by atoms with Crippen molar-refractivity contribution in [1.29, 1.82) is 0 Å². The molecule has 0 bridgehead atoms. The van der Waals surface area contributed by atoms with Crippen molar-refractivity contribution in [2.45, 2.75) is 0 Å². The summed E-state index contributed by atoms with van der Waals surface area (Å²) in [6.45, 7) is 0. The maximum atomic E-state index is 9.59. The Morgan fingerprint density at radius 1 is 1.06 bits per heavy atom. The van der Waals surface area contributed by atoms with Crippen molar-refractivity contribution in [2.24, 2.45) is 0 Å². The minimum atomic E-state index is 0.102. The van der Waals surface area contributed by atoms with Gasteiger partial charge in [-0.05, 0) is 24.3 Å². The number of phenols is 1. The number of rotatable bonds is 1. The molecule has 0 radical (unpaired) electrons. The van der Waals surface area contributed by atoms with Crippen molar-refractivity contribution in [3.05, 3.63) is 42.7 Å². The highest BCUT2D eigenvalue weighted by molar-refractivity contribution is 5.94. The summed E-state index contributed by atoms with van der Waals surface area (Å²) in [6.07, 6.45) is 3.39. The molecule has 2 aromatic heterocycles. The third-order valence-electron chi connectivity index (χ3n) is 2.43. The molecular formula is C12H8N2O2. The second-order valence-electron chi connectivity index (χ2n) is 3.42. The highest BCUT2D eigenvalue weighted by atomic mass is 16.5. The van der Waals surface area contributed by atoms with Crippen LogP contribution in [-0.2, 0) is 0 Å². The molecule has 0 aliphatic carbocycles. The Kier molecular flexibility index (Phi) is 1.86. The molecule has 0 fully saturated rings. The lowest BCUT2D eigenvalue weighted by molar-refractivity contribution is 0.424. The summed E-state index contributed by atoms with van der Waals surface area (Å²) in [6, 6.07) is 8.90. The van der Waals surface area contributed by atoms with Crippen LogP contribution in [0.15, 0.2) is 47.2 Å². The second-order valence-corrected chi connectivity index (χ2v) is 3.42. The molecule has 0 atom stereocenters. The monoisotopic (exact) mass is 212 g/mol. The topological polar surface area (TPSA) is 59.2 Å².